The molecule has 0 radical (unpaired) electrons. The van der Waals surface area contributed by atoms with Gasteiger partial charge in [-0.15, -0.1) is 0 Å². The summed E-state index contributed by atoms with van der Waals surface area (Å²) in [6.07, 6.45) is 3.65. The van der Waals surface area contributed by atoms with Gasteiger partial charge in [0, 0.05) is 34.8 Å². The number of hydrogen-bond donors (Lipinski definition) is 0. The van der Waals surface area contributed by atoms with Gasteiger partial charge in [-0.25, -0.2) is 10.1 Å². The van der Waals surface area contributed by atoms with Crippen molar-refractivity contribution in [1.82, 2.24) is 9.97 Å². The van der Waals surface area contributed by atoms with Crippen LogP contribution in [-0.2, 0) is 5.41 Å². The van der Waals surface area contributed by atoms with Gasteiger partial charge in [0.2, 0.25) is 0 Å². The topological polar surface area (TPSA) is 57.2 Å². The third kappa shape index (κ3) is 4.18. The number of aromatic nitrogens is 2. The van der Waals surface area contributed by atoms with Crippen molar-refractivity contribution >= 4 is 22.6 Å². The van der Waals surface area contributed by atoms with Gasteiger partial charge in [-0.3, -0.25) is 9.97 Å². The van der Waals surface area contributed by atoms with Gasteiger partial charge in [0.05, 0.1) is 40.8 Å². The summed E-state index contributed by atoms with van der Waals surface area (Å²) >= 11 is 0. The zero-order valence-corrected chi connectivity index (χ0v) is 26.8. The van der Waals surface area contributed by atoms with E-state index in [-0.39, 0.29) is 5.70 Å². The maximum Gasteiger partial charge on any atom is 0.270 e. The Morgan fingerprint density at radius 1 is 0.580 bits per heavy atom. The molecule has 3 heterocycles. The molecule has 0 atom stereocenters. The van der Waals surface area contributed by atoms with Crippen molar-refractivity contribution in [2.45, 2.75) is 5.41 Å². The highest BCUT2D eigenvalue weighted by Crippen LogP contribution is 2.62. The van der Waals surface area contributed by atoms with Crippen LogP contribution < -0.4 is 4.90 Å². The number of allylic oxidation sites excluding steroid dienone is 1. The van der Waals surface area contributed by atoms with Gasteiger partial charge < -0.3 is 4.90 Å². The Hall–Kier alpha value is -7.08. The summed E-state index contributed by atoms with van der Waals surface area (Å²) < 4.78 is 0. The first-order valence-corrected chi connectivity index (χ1v) is 16.4. The maximum absolute atomic E-state index is 10.2. The van der Waals surface area contributed by atoms with Gasteiger partial charge in [0.25, 0.3) is 5.70 Å². The number of rotatable bonds is 3. The summed E-state index contributed by atoms with van der Waals surface area (Å²) in [4.78, 5) is 15.5. The number of pyridine rings is 2. The molecule has 1 aliphatic heterocycles. The predicted octanol–water partition coefficient (Wildman–Crippen LogP) is 10.5. The maximum atomic E-state index is 10.2. The molecule has 0 saturated carbocycles. The molecule has 7 aromatic rings. The summed E-state index contributed by atoms with van der Waals surface area (Å²) in [6.45, 7) is 7.96. The fraction of sp³-hybridized carbons (Fsp3) is 0.0222. The molecule has 2 aromatic heterocycles. The summed E-state index contributed by atoms with van der Waals surface area (Å²) in [5.74, 6) is 0. The Bertz CT molecular complexity index is 2400. The lowest BCUT2D eigenvalue weighted by atomic mass is 9.57. The molecule has 0 N–H and O–H groups in total. The fourth-order valence-electron chi connectivity index (χ4n) is 7.95. The summed E-state index contributed by atoms with van der Waals surface area (Å²) in [6, 6.07) is 54.5. The normalized spacial score (nSPS) is 13.2. The van der Waals surface area contributed by atoms with E-state index in [0.29, 0.717) is 5.57 Å². The van der Waals surface area contributed by atoms with Crippen molar-refractivity contribution in [3.8, 4) is 28.6 Å². The number of nitriles is 1. The molecule has 5 nitrogen and oxygen atoms in total. The van der Waals surface area contributed by atoms with Crippen molar-refractivity contribution < 1.29 is 0 Å². The van der Waals surface area contributed by atoms with E-state index in [1.54, 1.807) is 0 Å². The lowest BCUT2D eigenvalue weighted by Gasteiger charge is -2.49. The largest absolute Gasteiger partial charge is 0.310 e. The lowest BCUT2D eigenvalue weighted by molar-refractivity contribution is 0.718. The average Bonchev–Trinajstić information content (AvgIpc) is 3.19. The lowest BCUT2D eigenvalue weighted by Crippen LogP contribution is -2.40. The molecular formula is C45H27N5. The second-order valence-corrected chi connectivity index (χ2v) is 12.4. The molecule has 0 unspecified atom stereocenters. The van der Waals surface area contributed by atoms with Crippen LogP contribution >= 0.6 is 0 Å². The van der Waals surface area contributed by atoms with Crippen LogP contribution in [0.3, 0.4) is 0 Å². The molecular weight excluding hydrogens is 611 g/mol. The Labute approximate surface area is 290 Å². The third-order valence-electron chi connectivity index (χ3n) is 9.85. The van der Waals surface area contributed by atoms with E-state index in [4.69, 9.17) is 16.5 Å². The summed E-state index contributed by atoms with van der Waals surface area (Å²) in [5.41, 5.74) is 12.9. The first-order chi connectivity index (χ1) is 24.7. The molecule has 5 aromatic carbocycles. The first kappa shape index (κ1) is 29.1. The van der Waals surface area contributed by atoms with Crippen LogP contribution in [0.5, 0.6) is 0 Å². The minimum Gasteiger partial charge on any atom is -0.310 e. The van der Waals surface area contributed by atoms with Crippen molar-refractivity contribution in [3.63, 3.8) is 0 Å². The number of fused-ring (bicyclic) bond motifs is 8. The van der Waals surface area contributed by atoms with E-state index in [9.17, 15) is 5.26 Å². The van der Waals surface area contributed by atoms with Crippen LogP contribution in [0.1, 0.15) is 33.4 Å². The Kier molecular flexibility index (Phi) is 6.73. The third-order valence-corrected chi connectivity index (χ3v) is 9.85. The van der Waals surface area contributed by atoms with Gasteiger partial charge in [-0.2, -0.15) is 0 Å². The number of para-hydroxylation sites is 2. The Morgan fingerprint density at radius 3 is 1.50 bits per heavy atom. The molecule has 0 saturated heterocycles. The second kappa shape index (κ2) is 11.6. The highest BCUT2D eigenvalue weighted by Gasteiger charge is 2.51. The summed E-state index contributed by atoms with van der Waals surface area (Å²) in [5, 5.41) is 10.2. The van der Waals surface area contributed by atoms with Gasteiger partial charge in [0.1, 0.15) is 0 Å². The van der Waals surface area contributed by atoms with Crippen molar-refractivity contribution in [2.75, 3.05) is 4.90 Å². The van der Waals surface area contributed by atoms with E-state index >= 15 is 0 Å². The molecule has 2 aliphatic rings. The van der Waals surface area contributed by atoms with Gasteiger partial charge in [-0.1, -0.05) is 97.1 Å². The minimum absolute atomic E-state index is 0.0899. The smallest absolute Gasteiger partial charge is 0.270 e. The highest BCUT2D eigenvalue weighted by molar-refractivity contribution is 5.98. The van der Waals surface area contributed by atoms with Crippen LogP contribution in [0.25, 0.3) is 32.9 Å². The predicted molar refractivity (Wildman–Crippen MR) is 198 cm³/mol. The minimum atomic E-state index is -0.731. The zero-order chi connectivity index (χ0) is 33.7. The van der Waals surface area contributed by atoms with Crippen molar-refractivity contribution in [2.24, 2.45) is 0 Å². The van der Waals surface area contributed by atoms with Crippen molar-refractivity contribution in [3.05, 3.63) is 215 Å². The number of hydrogen-bond acceptors (Lipinski definition) is 4. The molecule has 9 rings (SSSR count). The highest BCUT2D eigenvalue weighted by atomic mass is 15.2. The molecule has 0 bridgehead atoms. The first-order valence-electron chi connectivity index (χ1n) is 16.4. The Morgan fingerprint density at radius 2 is 1.04 bits per heavy atom. The molecule has 0 amide bonds. The molecule has 50 heavy (non-hydrogen) atoms. The molecule has 5 heteroatoms. The summed E-state index contributed by atoms with van der Waals surface area (Å²) in [7, 11) is 0. The van der Waals surface area contributed by atoms with Crippen LogP contribution in [0, 0.1) is 17.9 Å². The molecule has 1 spiro atoms. The van der Waals surface area contributed by atoms with Crippen LogP contribution in [0.2, 0.25) is 0 Å². The fourth-order valence-corrected chi connectivity index (χ4v) is 7.95. The standard InChI is InChI=1S/C45H27N5/c1-47-41(29-46)44-33-14-2-4-16-35(33)45(36-17-5-3-15-34(36)44)37-18-6-8-22-42(37)50(43-23-9-7-19-38(43)45)32-27-30(39-20-10-12-24-48-39)26-31(28-32)40-21-11-13-25-49-40/h2-28H. The molecule has 1 aliphatic carbocycles. The number of benzene rings is 5. The quantitative estimate of drug-likeness (QED) is 0.143. The van der Waals surface area contributed by atoms with Crippen LogP contribution in [-0.4, -0.2) is 9.97 Å². The molecule has 232 valence electrons. The van der Waals surface area contributed by atoms with Crippen LogP contribution in [0.15, 0.2) is 170 Å². The van der Waals surface area contributed by atoms with Gasteiger partial charge in [-0.05, 0) is 88.0 Å². The number of nitrogens with zero attached hydrogens (tertiary/aromatic N) is 5. The van der Waals surface area contributed by atoms with E-state index in [1.165, 1.54) is 0 Å². The van der Waals surface area contributed by atoms with Crippen LogP contribution in [0.4, 0.5) is 17.1 Å². The van der Waals surface area contributed by atoms with Gasteiger partial charge in [0.15, 0.2) is 0 Å². The number of anilines is 3. The second-order valence-electron chi connectivity index (χ2n) is 12.4. The van der Waals surface area contributed by atoms with Crippen molar-refractivity contribution in [1.29, 1.82) is 5.26 Å². The monoisotopic (exact) mass is 637 g/mol. The van der Waals surface area contributed by atoms with E-state index < -0.39 is 5.41 Å². The van der Waals surface area contributed by atoms with E-state index in [2.05, 4.69) is 119 Å². The van der Waals surface area contributed by atoms with E-state index in [0.717, 1.165) is 73.0 Å². The van der Waals surface area contributed by atoms with E-state index in [1.807, 2.05) is 60.9 Å². The average molecular weight is 638 g/mol. The van der Waals surface area contributed by atoms with Gasteiger partial charge >= 0.3 is 0 Å². The Balaban J connectivity index is 1.39. The molecule has 0 fully saturated rings. The SMILES string of the molecule is [C-]#[N+]C(C#N)=C1c2ccccc2C2(c3ccccc31)c1ccccc1N(c1cc(-c3ccccn3)cc(-c3ccccn3)c1)c1ccccc12. The zero-order valence-electron chi connectivity index (χ0n) is 26.8.